The molecule has 0 amide bonds. The number of phenols is 3. The lowest BCUT2D eigenvalue weighted by molar-refractivity contribution is -0.193. The minimum absolute atomic E-state index is 0.170. The molecule has 2 heterocycles. The van der Waals surface area contributed by atoms with Crippen molar-refractivity contribution in [1.29, 1.82) is 0 Å². The number of aryl methyl sites for hydroxylation is 2. The third-order valence-electron chi connectivity index (χ3n) is 19.0. The molecule has 1 aliphatic rings. The number of fused-ring (bicyclic) bond motifs is 13. The van der Waals surface area contributed by atoms with E-state index >= 15 is 0 Å². The highest BCUT2D eigenvalue weighted by atomic mass is 127. The van der Waals surface area contributed by atoms with E-state index in [1.165, 1.54) is 129 Å². The van der Waals surface area contributed by atoms with Gasteiger partial charge in [0, 0.05) is 40.8 Å². The van der Waals surface area contributed by atoms with Crippen LogP contribution in [0.25, 0.3) is 119 Å². The zero-order chi connectivity index (χ0) is 93.5. The quantitative estimate of drug-likeness (QED) is 0.0790. The Hall–Kier alpha value is -14.8. The predicted octanol–water partition coefficient (Wildman–Crippen LogP) is 24.0. The van der Waals surface area contributed by atoms with Crippen LogP contribution in [0.1, 0.15) is 62.1 Å². The average Bonchev–Trinajstić information content (AvgIpc) is 1.55. The molecule has 1 saturated carbocycles. The SMILES string of the molecule is CC(C)CCCc1cc2ccccc2c2ccccc12.Cc1cc(=O)oc2ccc(Br)cc12.Ic1cc2ccccc2c2ccccc12.O=C=O.O=C=O.O=C=O.O=C=O.O=C=O.O=C=O.O=C=O.O=c1ccc2cc(Br)ccc2o1.Oc1ccc2cc(-c3ccccc3)ccc2c1Br.Oc1ccc2cccc(O)c2c1.c1ccc2c(c1)cc(C1CC1)c1ccccc12. The Labute approximate surface area is 769 Å². The van der Waals surface area contributed by atoms with Crippen LogP contribution in [0.15, 0.2) is 347 Å². The summed E-state index contributed by atoms with van der Waals surface area (Å²) in [4.78, 5) is 136. The fourth-order valence-electron chi connectivity index (χ4n) is 13.5. The summed E-state index contributed by atoms with van der Waals surface area (Å²) in [6.45, 7) is 6.50. The molecule has 0 radical (unpaired) electrons. The molecule has 0 saturated heterocycles. The van der Waals surface area contributed by atoms with Crippen LogP contribution in [0.2, 0.25) is 0 Å². The van der Waals surface area contributed by atoms with Crippen LogP contribution in [0.5, 0.6) is 17.2 Å². The summed E-state index contributed by atoms with van der Waals surface area (Å²) >= 11 is 12.5. The van der Waals surface area contributed by atoms with Crippen LogP contribution in [0.3, 0.4) is 0 Å². The van der Waals surface area contributed by atoms with E-state index in [1.807, 2.05) is 67.6 Å². The molecular weight excluding hydrogens is 1940 g/mol. The van der Waals surface area contributed by atoms with Gasteiger partial charge in [-0.3, -0.25) is 0 Å². The summed E-state index contributed by atoms with van der Waals surface area (Å²) in [6.07, 6.45) is 8.25. The highest BCUT2D eigenvalue weighted by molar-refractivity contribution is 14.1. The molecule has 0 spiro atoms. The number of benzene rings is 16. The number of carbonyl (C=O) groups excluding carboxylic acids is 14. The zero-order valence-electron chi connectivity index (χ0n) is 68.4. The maximum absolute atomic E-state index is 11.0. The first-order chi connectivity index (χ1) is 61.9. The second kappa shape index (κ2) is 54.8. The van der Waals surface area contributed by atoms with Crippen molar-refractivity contribution in [3.05, 3.63) is 370 Å². The number of halogens is 4. The van der Waals surface area contributed by atoms with Crippen LogP contribution >= 0.6 is 70.4 Å². The lowest BCUT2D eigenvalue weighted by Gasteiger charge is -2.11. The van der Waals surface area contributed by atoms with Gasteiger partial charge in [0.15, 0.2) is 0 Å². The van der Waals surface area contributed by atoms with Crippen LogP contribution in [0, 0.1) is 16.4 Å². The second-order valence-corrected chi connectivity index (χ2v) is 31.3. The summed E-state index contributed by atoms with van der Waals surface area (Å²) in [6, 6.07) is 105. The fourth-order valence-corrected chi connectivity index (χ4v) is 15.6. The first-order valence-corrected chi connectivity index (χ1v) is 41.9. The fraction of sp³-hybridized carbons (Fsp3) is 0.0971. The van der Waals surface area contributed by atoms with Crippen molar-refractivity contribution in [3.63, 3.8) is 0 Å². The van der Waals surface area contributed by atoms with Gasteiger partial charge in [-0.25, -0.2) is 9.59 Å². The molecule has 0 aliphatic heterocycles. The molecule has 25 heteroatoms. The van der Waals surface area contributed by atoms with Crippen molar-refractivity contribution in [1.82, 2.24) is 0 Å². The molecule has 1 aliphatic carbocycles. The van der Waals surface area contributed by atoms with E-state index in [0.717, 1.165) is 57.7 Å². The van der Waals surface area contributed by atoms with Crippen molar-refractivity contribution in [2.24, 2.45) is 5.92 Å². The van der Waals surface area contributed by atoms with Crippen molar-refractivity contribution in [3.8, 4) is 28.4 Å². The highest BCUT2D eigenvalue weighted by Gasteiger charge is 2.26. The minimum Gasteiger partial charge on any atom is -0.508 e. The van der Waals surface area contributed by atoms with Gasteiger partial charge < -0.3 is 24.2 Å². The summed E-state index contributed by atoms with van der Waals surface area (Å²) in [5, 5.41) is 50.3. The lowest BCUT2D eigenvalue weighted by Crippen LogP contribution is -1.97. The molecule has 128 heavy (non-hydrogen) atoms. The molecule has 2 aromatic heterocycles. The van der Waals surface area contributed by atoms with E-state index in [2.05, 4.69) is 272 Å². The average molecular weight is 2020 g/mol. The third-order valence-corrected chi connectivity index (χ3v) is 21.7. The van der Waals surface area contributed by atoms with Crippen LogP contribution in [-0.2, 0) is 73.5 Å². The van der Waals surface area contributed by atoms with Crippen molar-refractivity contribution in [2.45, 2.75) is 58.8 Å². The molecule has 642 valence electrons. The molecule has 0 atom stereocenters. The normalized spacial score (nSPS) is 10.1. The van der Waals surface area contributed by atoms with Gasteiger partial charge in [0.05, 0.1) is 4.47 Å². The molecule has 18 aromatic rings. The number of rotatable bonds is 6. The van der Waals surface area contributed by atoms with Gasteiger partial charge in [-0.15, -0.1) is 0 Å². The van der Waals surface area contributed by atoms with Crippen LogP contribution in [-0.4, -0.2) is 58.4 Å². The molecule has 0 bridgehead atoms. The Morgan fingerprint density at radius 1 is 0.344 bits per heavy atom. The molecule has 0 unspecified atom stereocenters. The van der Waals surface area contributed by atoms with E-state index in [-0.39, 0.29) is 71.6 Å². The van der Waals surface area contributed by atoms with Gasteiger partial charge in [0.1, 0.15) is 28.4 Å². The third kappa shape index (κ3) is 31.2. The first-order valence-electron chi connectivity index (χ1n) is 38.5. The smallest absolute Gasteiger partial charge is 0.373 e. The summed E-state index contributed by atoms with van der Waals surface area (Å²) in [5.41, 5.74) is 7.01. The van der Waals surface area contributed by atoms with E-state index in [9.17, 15) is 19.8 Å². The van der Waals surface area contributed by atoms with Gasteiger partial charge in [-0.2, -0.15) is 67.1 Å². The van der Waals surface area contributed by atoms with Gasteiger partial charge in [-0.05, 0) is 270 Å². The number of hydrogen-bond donors (Lipinski definition) is 3. The molecule has 19 rings (SSSR count). The maximum atomic E-state index is 11.0. The van der Waals surface area contributed by atoms with E-state index in [0.29, 0.717) is 16.6 Å². The van der Waals surface area contributed by atoms with E-state index < -0.39 is 0 Å². The lowest BCUT2D eigenvalue weighted by atomic mass is 9.93. The summed E-state index contributed by atoms with van der Waals surface area (Å²) in [7, 11) is 0. The number of phenolic OH excluding ortho intramolecular Hbond substituents is 3. The van der Waals surface area contributed by atoms with Crippen LogP contribution in [0.4, 0.5) is 0 Å². The topological polar surface area (TPSA) is 360 Å². The summed E-state index contributed by atoms with van der Waals surface area (Å²) < 4.78 is 14.0. The number of aromatic hydroxyl groups is 3. The molecule has 1 fully saturated rings. The van der Waals surface area contributed by atoms with Crippen molar-refractivity contribution in [2.75, 3.05) is 0 Å². The Morgan fingerprint density at radius 2 is 0.781 bits per heavy atom. The zero-order valence-corrected chi connectivity index (χ0v) is 75.3. The van der Waals surface area contributed by atoms with E-state index in [4.69, 9.17) is 81.1 Å². The minimum atomic E-state index is -0.315. The number of hydrogen-bond acceptors (Lipinski definition) is 21. The Morgan fingerprint density at radius 3 is 1.34 bits per heavy atom. The largest absolute Gasteiger partial charge is 0.508 e. The van der Waals surface area contributed by atoms with Crippen molar-refractivity contribution < 1.29 is 91.3 Å². The Kier molecular flexibility index (Phi) is 43.7. The van der Waals surface area contributed by atoms with Crippen LogP contribution < -0.4 is 11.3 Å². The Bertz CT molecular complexity index is 7050. The molecule has 21 nitrogen and oxygen atoms in total. The molecule has 3 N–H and O–H groups in total. The molecular formula is C103H76Br3IO21. The van der Waals surface area contributed by atoms with Gasteiger partial charge >= 0.3 is 54.3 Å². The molecule has 16 aromatic carbocycles. The first kappa shape index (κ1) is 102. The standard InChI is InChI=1S/C20H22.C17H14.C16H11BrO.C14H9I.C10H7BrO2.C10H8O2.C9H5BrO2.7CO2/c1-15(2)8-7-10-17-14-16-9-3-4-11-18(16)20-13-6-5-12-19(17)20;1-2-6-14-13(5-1)11-17(12-9-10-12)16-8-4-3-7-15(14)16;17-16-14-8-6-12(11-4-2-1-3-5-11)10-13(14)7-9-15(16)18;15-14-9-10-5-1-2-6-11(10)12-7-3-4-8-13(12)14;1-6-4-10(12)13-9-3-2-7(11)5-8(6)9;11-8-5-4-7-2-1-3-10(12)9(7)6-8;10-7-2-3-8-6(5-7)1-4-9(11)12-8;7*2-1-3/h3-6,9,11-15H,7-8,10H2,1-2H3;1-8,11-12H,9-10H2;1-10,18H;1-9H;2-5H,1H3;1-6,11-12H;1-5H;;;;;;;. The highest BCUT2D eigenvalue weighted by Crippen LogP contribution is 2.45. The van der Waals surface area contributed by atoms with Gasteiger partial charge in [0.2, 0.25) is 0 Å². The summed E-state index contributed by atoms with van der Waals surface area (Å²) in [5.74, 6) is 2.24. The van der Waals surface area contributed by atoms with Gasteiger partial charge in [0.25, 0.3) is 0 Å². The maximum Gasteiger partial charge on any atom is 0.373 e. The monoisotopic (exact) mass is 2010 g/mol. The predicted molar refractivity (Wildman–Crippen MR) is 503 cm³/mol. The Balaban J connectivity index is 0.000000223. The van der Waals surface area contributed by atoms with Gasteiger partial charge in [-0.1, -0.05) is 277 Å². The van der Waals surface area contributed by atoms with E-state index in [1.54, 1.807) is 60.2 Å². The van der Waals surface area contributed by atoms with Crippen molar-refractivity contribution >= 4 is 222 Å². The second-order valence-electron chi connectivity index (χ2n) is 27.5.